The van der Waals surface area contributed by atoms with Crippen LogP contribution in [0.2, 0.25) is 16.6 Å². The van der Waals surface area contributed by atoms with Gasteiger partial charge in [0.05, 0.1) is 12.6 Å². The van der Waals surface area contributed by atoms with Crippen molar-refractivity contribution in [1.29, 1.82) is 0 Å². The predicted molar refractivity (Wildman–Crippen MR) is 108 cm³/mol. The lowest BCUT2D eigenvalue weighted by atomic mass is 10.0. The lowest BCUT2D eigenvalue weighted by molar-refractivity contribution is -0.123. The van der Waals surface area contributed by atoms with E-state index in [-0.39, 0.29) is 17.9 Å². The van der Waals surface area contributed by atoms with E-state index in [0.717, 1.165) is 0 Å². The number of hydrogen-bond acceptors (Lipinski definition) is 4. The van der Waals surface area contributed by atoms with Crippen molar-refractivity contribution in [2.75, 3.05) is 13.2 Å². The van der Waals surface area contributed by atoms with Gasteiger partial charge in [-0.25, -0.2) is 4.79 Å². The summed E-state index contributed by atoms with van der Waals surface area (Å²) in [6, 6.07) is -0.228. The fraction of sp³-hybridized carbons (Fsp3) is 0.900. The molecule has 0 unspecified atom stereocenters. The van der Waals surface area contributed by atoms with Crippen LogP contribution >= 0.6 is 0 Å². The summed E-state index contributed by atoms with van der Waals surface area (Å²) in [5.74, 6) is 0.198. The Bertz CT molecular complexity index is 475. The molecule has 1 amide bonds. The van der Waals surface area contributed by atoms with Crippen LogP contribution < -0.4 is 0 Å². The van der Waals surface area contributed by atoms with Crippen LogP contribution in [0.15, 0.2) is 0 Å². The molecule has 0 spiro atoms. The van der Waals surface area contributed by atoms with Gasteiger partial charge in [0.1, 0.15) is 11.4 Å². The number of Topliss-reactive ketones (excluding diaryl/α,β-unsaturated/α-hetero) is 1. The molecular formula is C20H39NO4Si. The average Bonchev–Trinajstić information content (AvgIpc) is 2.44. The predicted octanol–water partition coefficient (Wildman–Crippen LogP) is 5.15. The van der Waals surface area contributed by atoms with Crippen molar-refractivity contribution in [3.8, 4) is 0 Å². The molecule has 0 aliphatic carbocycles. The molecule has 1 aliphatic heterocycles. The summed E-state index contributed by atoms with van der Waals surface area (Å²) in [7, 11) is -2.03. The van der Waals surface area contributed by atoms with Crippen molar-refractivity contribution in [2.24, 2.45) is 0 Å². The van der Waals surface area contributed by atoms with E-state index in [0.29, 0.717) is 42.6 Å². The molecule has 152 valence electrons. The molecule has 26 heavy (non-hydrogen) atoms. The summed E-state index contributed by atoms with van der Waals surface area (Å²) < 4.78 is 12.2. The first kappa shape index (κ1) is 23.2. The largest absolute Gasteiger partial charge is 0.444 e. The van der Waals surface area contributed by atoms with Gasteiger partial charge in [-0.15, -0.1) is 0 Å². The van der Waals surface area contributed by atoms with Gasteiger partial charge in [-0.2, -0.15) is 0 Å². The molecule has 1 aliphatic rings. The number of rotatable bonds is 6. The average molecular weight is 386 g/mol. The Morgan fingerprint density at radius 3 is 2.04 bits per heavy atom. The molecule has 0 bridgehead atoms. The van der Waals surface area contributed by atoms with E-state index >= 15 is 0 Å². The van der Waals surface area contributed by atoms with Crippen LogP contribution in [0.25, 0.3) is 0 Å². The molecule has 1 heterocycles. The second-order valence-corrected chi connectivity index (χ2v) is 14.9. The van der Waals surface area contributed by atoms with E-state index < -0.39 is 13.9 Å². The van der Waals surface area contributed by atoms with Crippen LogP contribution in [0.5, 0.6) is 0 Å². The molecule has 1 atom stereocenters. The third-order valence-electron chi connectivity index (χ3n) is 5.40. The van der Waals surface area contributed by atoms with Crippen LogP contribution in [0.1, 0.15) is 75.2 Å². The molecule has 6 heteroatoms. The van der Waals surface area contributed by atoms with Crippen molar-refractivity contribution < 1.29 is 18.8 Å². The zero-order valence-electron chi connectivity index (χ0n) is 18.2. The number of nitrogens with zero attached hydrogens (tertiary/aromatic N) is 1. The Morgan fingerprint density at radius 2 is 1.62 bits per heavy atom. The molecule has 1 fully saturated rings. The van der Waals surface area contributed by atoms with E-state index in [1.807, 2.05) is 20.8 Å². The lowest BCUT2D eigenvalue weighted by Crippen LogP contribution is -2.54. The quantitative estimate of drug-likeness (QED) is 0.594. The lowest BCUT2D eigenvalue weighted by Gasteiger charge is -2.44. The van der Waals surface area contributed by atoms with Gasteiger partial charge >= 0.3 is 6.09 Å². The Hall–Kier alpha value is -0.883. The highest BCUT2D eigenvalue weighted by molar-refractivity contribution is 6.77. The van der Waals surface area contributed by atoms with Crippen molar-refractivity contribution in [1.82, 2.24) is 4.90 Å². The number of ketones is 1. The highest BCUT2D eigenvalue weighted by atomic mass is 28.4. The first-order chi connectivity index (χ1) is 11.8. The second kappa shape index (κ2) is 8.87. The normalized spacial score (nSPS) is 19.6. The summed E-state index contributed by atoms with van der Waals surface area (Å²) in [5.41, 5.74) is 0.862. The molecule has 0 saturated carbocycles. The Kier molecular flexibility index (Phi) is 7.90. The molecule has 0 aromatic rings. The highest BCUT2D eigenvalue weighted by Crippen LogP contribution is 2.42. The number of ether oxygens (including phenoxy) is 1. The van der Waals surface area contributed by atoms with Gasteiger partial charge in [0, 0.05) is 19.4 Å². The van der Waals surface area contributed by atoms with Crippen molar-refractivity contribution in [3.05, 3.63) is 0 Å². The molecule has 1 rings (SSSR count). The van der Waals surface area contributed by atoms with E-state index in [1.54, 1.807) is 4.90 Å². The van der Waals surface area contributed by atoms with E-state index in [9.17, 15) is 9.59 Å². The summed E-state index contributed by atoms with van der Waals surface area (Å²) in [5, 5.41) is 0. The minimum absolute atomic E-state index is 0.198. The monoisotopic (exact) mass is 385 g/mol. The van der Waals surface area contributed by atoms with E-state index in [1.165, 1.54) is 0 Å². The molecular weight excluding hydrogens is 346 g/mol. The van der Waals surface area contributed by atoms with Gasteiger partial charge in [-0.3, -0.25) is 4.79 Å². The van der Waals surface area contributed by atoms with Gasteiger partial charge in [-0.05, 0) is 37.4 Å². The summed E-state index contributed by atoms with van der Waals surface area (Å²) >= 11 is 0. The molecule has 0 aromatic carbocycles. The number of likely N-dealkylation sites (tertiary alicyclic amines) is 1. The van der Waals surface area contributed by atoms with Crippen LogP contribution in [0, 0.1) is 0 Å². The number of carbonyl (C=O) groups excluding carboxylic acids is 2. The van der Waals surface area contributed by atoms with Crippen molar-refractivity contribution in [3.63, 3.8) is 0 Å². The number of hydrogen-bond donors (Lipinski definition) is 0. The zero-order valence-corrected chi connectivity index (χ0v) is 19.2. The number of amides is 1. The molecule has 1 saturated heterocycles. The summed E-state index contributed by atoms with van der Waals surface area (Å²) in [6.07, 6.45) is 0.416. The Labute approximate surface area is 160 Å². The highest BCUT2D eigenvalue weighted by Gasteiger charge is 2.46. The fourth-order valence-electron chi connectivity index (χ4n) is 4.35. The van der Waals surface area contributed by atoms with Gasteiger partial charge in [0.15, 0.2) is 8.32 Å². The summed E-state index contributed by atoms with van der Waals surface area (Å²) in [4.78, 5) is 26.3. The van der Waals surface area contributed by atoms with Crippen molar-refractivity contribution >= 4 is 20.2 Å². The van der Waals surface area contributed by atoms with Crippen LogP contribution in [-0.4, -0.2) is 49.9 Å². The maximum Gasteiger partial charge on any atom is 0.410 e. The number of carbonyl (C=O) groups is 2. The fourth-order valence-corrected chi connectivity index (χ4v) is 9.83. The summed E-state index contributed by atoms with van der Waals surface area (Å²) in [6.45, 7) is 19.9. The molecule has 0 aromatic heterocycles. The number of piperidine rings is 1. The zero-order chi connectivity index (χ0) is 20.3. The smallest absolute Gasteiger partial charge is 0.410 e. The topological polar surface area (TPSA) is 55.8 Å². The molecule has 0 N–H and O–H groups in total. The van der Waals surface area contributed by atoms with Gasteiger partial charge in [0.25, 0.3) is 0 Å². The van der Waals surface area contributed by atoms with Gasteiger partial charge in [0.2, 0.25) is 0 Å². The maximum atomic E-state index is 12.6. The first-order valence-electron chi connectivity index (χ1n) is 9.96. The molecule has 0 radical (unpaired) electrons. The maximum absolute atomic E-state index is 12.6. The van der Waals surface area contributed by atoms with E-state index in [2.05, 4.69) is 41.5 Å². The van der Waals surface area contributed by atoms with Gasteiger partial charge in [-0.1, -0.05) is 41.5 Å². The van der Waals surface area contributed by atoms with Gasteiger partial charge < -0.3 is 14.1 Å². The van der Waals surface area contributed by atoms with Crippen LogP contribution in [-0.2, 0) is 14.0 Å². The SMILES string of the molecule is CC(C)[Si](OC[C@@H]1CC(=O)CCN1C(=O)OC(C)(C)C)(C(C)C)C(C)C. The third-order valence-corrected chi connectivity index (χ3v) is 11.5. The Balaban J connectivity index is 2.97. The minimum Gasteiger partial charge on any atom is -0.444 e. The second-order valence-electron chi connectivity index (χ2n) is 9.45. The standard InChI is InChI=1S/C20H39NO4Si/c1-14(2)26(15(3)4,16(5)6)24-13-17-12-18(22)10-11-21(17)19(23)25-20(7,8)9/h14-17H,10-13H2,1-9H3/t17-/m0/s1. The first-order valence-corrected chi connectivity index (χ1v) is 12.1. The minimum atomic E-state index is -2.03. The van der Waals surface area contributed by atoms with E-state index in [4.69, 9.17) is 9.16 Å². The van der Waals surface area contributed by atoms with Crippen LogP contribution in [0.4, 0.5) is 4.79 Å². The van der Waals surface area contributed by atoms with Crippen molar-refractivity contribution in [2.45, 2.75) is 103 Å². The van der Waals surface area contributed by atoms with Crippen LogP contribution in [0.3, 0.4) is 0 Å². The molecule has 5 nitrogen and oxygen atoms in total. The third kappa shape index (κ3) is 5.56. The Morgan fingerprint density at radius 1 is 1.12 bits per heavy atom.